The molecule has 3 N–H and O–H groups in total. The van der Waals surface area contributed by atoms with Gasteiger partial charge in [0.25, 0.3) is 0 Å². The van der Waals surface area contributed by atoms with Gasteiger partial charge in [-0.1, -0.05) is 25.3 Å². The highest BCUT2D eigenvalue weighted by molar-refractivity contribution is 5.80. The third-order valence-electron chi connectivity index (χ3n) is 6.90. The molecule has 1 saturated carbocycles. The summed E-state index contributed by atoms with van der Waals surface area (Å²) in [4.78, 5) is 18.2. The average Bonchev–Trinajstić information content (AvgIpc) is 3.23. The van der Waals surface area contributed by atoms with Gasteiger partial charge in [-0.2, -0.15) is 0 Å². The predicted molar refractivity (Wildman–Crippen MR) is 117 cm³/mol. The molecule has 2 heterocycles. The Morgan fingerprint density at radius 2 is 2.03 bits per heavy atom. The number of hydrogen-bond acceptors (Lipinski definition) is 4. The number of carbonyl (C=O) groups is 1. The molecule has 30 heavy (non-hydrogen) atoms. The van der Waals surface area contributed by atoms with Gasteiger partial charge in [-0.15, -0.1) is 0 Å². The first-order valence-electron chi connectivity index (χ1n) is 11.2. The zero-order chi connectivity index (χ0) is 21.0. The maximum absolute atomic E-state index is 11.4. The first-order valence-corrected chi connectivity index (χ1v) is 11.2. The minimum atomic E-state index is -0.214. The fourth-order valence-corrected chi connectivity index (χ4v) is 5.31. The normalized spacial score (nSPS) is 23.3. The molecule has 1 unspecified atom stereocenters. The summed E-state index contributed by atoms with van der Waals surface area (Å²) in [6.45, 7) is 2.94. The van der Waals surface area contributed by atoms with E-state index in [1.54, 1.807) is 0 Å². The summed E-state index contributed by atoms with van der Waals surface area (Å²) in [5.41, 5.74) is 6.82. The van der Waals surface area contributed by atoms with Gasteiger partial charge in [0, 0.05) is 38.5 Å². The van der Waals surface area contributed by atoms with Crippen LogP contribution in [0.4, 0.5) is 0 Å². The van der Waals surface area contributed by atoms with E-state index in [2.05, 4.69) is 27.3 Å². The van der Waals surface area contributed by atoms with E-state index in [0.29, 0.717) is 19.1 Å². The number of nitrogens with one attached hydrogen (secondary N) is 1. The van der Waals surface area contributed by atoms with Crippen LogP contribution < -0.4 is 20.5 Å². The van der Waals surface area contributed by atoms with Crippen LogP contribution in [0.1, 0.15) is 56.9 Å². The second-order valence-electron chi connectivity index (χ2n) is 8.93. The highest BCUT2D eigenvalue weighted by atomic mass is 16.7. The van der Waals surface area contributed by atoms with Gasteiger partial charge in [-0.3, -0.25) is 9.79 Å². The van der Waals surface area contributed by atoms with E-state index in [9.17, 15) is 4.79 Å². The number of ether oxygens (including phenoxy) is 2. The van der Waals surface area contributed by atoms with Crippen LogP contribution in [0.25, 0.3) is 0 Å². The number of hydrogen-bond donors (Lipinski definition) is 2. The molecule has 2 aliphatic heterocycles. The third kappa shape index (κ3) is 4.50. The molecule has 1 saturated heterocycles. The maximum Gasteiger partial charge on any atom is 0.231 e. The lowest BCUT2D eigenvalue weighted by atomic mass is 9.69. The van der Waals surface area contributed by atoms with Crippen molar-refractivity contribution in [2.75, 3.05) is 33.5 Å². The van der Waals surface area contributed by atoms with Gasteiger partial charge < -0.3 is 25.4 Å². The number of primary amides is 1. The van der Waals surface area contributed by atoms with Gasteiger partial charge in [-0.25, -0.2) is 0 Å². The monoisotopic (exact) mass is 414 g/mol. The number of amides is 1. The first kappa shape index (κ1) is 20.8. The van der Waals surface area contributed by atoms with E-state index < -0.39 is 0 Å². The zero-order valence-electron chi connectivity index (χ0n) is 18.0. The Labute approximate surface area is 179 Å². The lowest BCUT2D eigenvalue weighted by Gasteiger charge is -2.40. The molecule has 1 amide bonds. The van der Waals surface area contributed by atoms with Crippen LogP contribution in [-0.4, -0.2) is 50.2 Å². The summed E-state index contributed by atoms with van der Waals surface area (Å²) in [5, 5.41) is 3.68. The van der Waals surface area contributed by atoms with Crippen LogP contribution >= 0.6 is 0 Å². The summed E-state index contributed by atoms with van der Waals surface area (Å²) in [7, 11) is 1.84. The number of fused-ring (bicyclic) bond motifs is 1. The first-order chi connectivity index (χ1) is 14.6. The number of aliphatic imine (C=N–C) groups is 1. The summed E-state index contributed by atoms with van der Waals surface area (Å²) in [6.07, 6.45) is 8.64. The lowest BCUT2D eigenvalue weighted by Crippen LogP contribution is -2.51. The number of piperidine rings is 1. The summed E-state index contributed by atoms with van der Waals surface area (Å²) < 4.78 is 11.2. The van der Waals surface area contributed by atoms with Crippen LogP contribution in [0.15, 0.2) is 23.2 Å². The minimum absolute atomic E-state index is 0.0670. The summed E-state index contributed by atoms with van der Waals surface area (Å²) >= 11 is 0. The summed E-state index contributed by atoms with van der Waals surface area (Å²) in [5.74, 6) is 2.71. The van der Waals surface area contributed by atoms with Crippen molar-refractivity contribution >= 4 is 11.9 Å². The molecule has 0 radical (unpaired) electrons. The van der Waals surface area contributed by atoms with Crippen LogP contribution in [0, 0.1) is 5.92 Å². The number of benzene rings is 1. The molecule has 0 aromatic heterocycles. The van der Waals surface area contributed by atoms with E-state index in [1.807, 2.05) is 13.1 Å². The van der Waals surface area contributed by atoms with Crippen molar-refractivity contribution in [2.45, 2.75) is 56.8 Å². The van der Waals surface area contributed by atoms with Crippen molar-refractivity contribution in [1.82, 2.24) is 10.2 Å². The van der Waals surface area contributed by atoms with E-state index in [1.165, 1.54) is 24.8 Å². The second kappa shape index (κ2) is 9.14. The Morgan fingerprint density at radius 1 is 1.23 bits per heavy atom. The topological polar surface area (TPSA) is 89.2 Å². The molecule has 1 aromatic rings. The van der Waals surface area contributed by atoms with Gasteiger partial charge in [-0.05, 0) is 49.3 Å². The van der Waals surface area contributed by atoms with Crippen molar-refractivity contribution in [3.63, 3.8) is 0 Å². The molecule has 164 valence electrons. The number of rotatable bonds is 5. The lowest BCUT2D eigenvalue weighted by molar-refractivity contribution is -0.119. The molecule has 0 spiro atoms. The quantitative estimate of drug-likeness (QED) is 0.571. The number of guanidine groups is 1. The molecule has 7 nitrogen and oxygen atoms in total. The van der Waals surface area contributed by atoms with E-state index in [0.717, 1.165) is 62.8 Å². The number of carbonyl (C=O) groups excluding carboxylic acids is 1. The van der Waals surface area contributed by atoms with Crippen LogP contribution in [0.3, 0.4) is 0 Å². The van der Waals surface area contributed by atoms with Crippen LogP contribution in [0.2, 0.25) is 0 Å². The van der Waals surface area contributed by atoms with Crippen molar-refractivity contribution < 1.29 is 14.3 Å². The molecule has 4 rings (SSSR count). The predicted octanol–water partition coefficient (Wildman–Crippen LogP) is 2.78. The summed E-state index contributed by atoms with van der Waals surface area (Å²) in [6, 6.07) is 6.41. The molecule has 1 atom stereocenters. The minimum Gasteiger partial charge on any atom is -0.454 e. The SMILES string of the molecule is CN=C(NCC1(c2ccc3c(c2)OCO3)CCCCC1)N1CCCC(CC(N)=O)C1. The smallest absolute Gasteiger partial charge is 0.231 e. The van der Waals surface area contributed by atoms with Crippen molar-refractivity contribution in [2.24, 2.45) is 16.6 Å². The molecular weight excluding hydrogens is 380 g/mol. The van der Waals surface area contributed by atoms with Gasteiger partial charge in [0.15, 0.2) is 17.5 Å². The van der Waals surface area contributed by atoms with Gasteiger partial charge in [0.2, 0.25) is 12.7 Å². The fourth-order valence-electron chi connectivity index (χ4n) is 5.31. The van der Waals surface area contributed by atoms with Crippen LogP contribution in [-0.2, 0) is 10.2 Å². The van der Waals surface area contributed by atoms with Gasteiger partial charge >= 0.3 is 0 Å². The van der Waals surface area contributed by atoms with Crippen molar-refractivity contribution in [3.8, 4) is 11.5 Å². The van der Waals surface area contributed by atoms with Crippen molar-refractivity contribution in [3.05, 3.63) is 23.8 Å². The fraction of sp³-hybridized carbons (Fsp3) is 0.652. The number of likely N-dealkylation sites (tertiary alicyclic amines) is 1. The van der Waals surface area contributed by atoms with Crippen molar-refractivity contribution in [1.29, 1.82) is 0 Å². The average molecular weight is 415 g/mol. The van der Waals surface area contributed by atoms with E-state index in [-0.39, 0.29) is 11.3 Å². The number of nitrogens with two attached hydrogens (primary N) is 1. The second-order valence-corrected chi connectivity index (χ2v) is 8.93. The van der Waals surface area contributed by atoms with Crippen LogP contribution in [0.5, 0.6) is 11.5 Å². The maximum atomic E-state index is 11.4. The molecule has 2 fully saturated rings. The van der Waals surface area contributed by atoms with E-state index in [4.69, 9.17) is 15.2 Å². The third-order valence-corrected chi connectivity index (χ3v) is 6.90. The molecule has 1 aromatic carbocycles. The molecule has 3 aliphatic rings. The highest BCUT2D eigenvalue weighted by Crippen LogP contribution is 2.43. The Balaban J connectivity index is 1.47. The highest BCUT2D eigenvalue weighted by Gasteiger charge is 2.36. The molecular formula is C23H34N4O3. The van der Waals surface area contributed by atoms with E-state index >= 15 is 0 Å². The molecule has 7 heteroatoms. The van der Waals surface area contributed by atoms with Gasteiger partial charge in [0.05, 0.1) is 0 Å². The van der Waals surface area contributed by atoms with Gasteiger partial charge in [0.1, 0.15) is 0 Å². The molecule has 1 aliphatic carbocycles. The Kier molecular flexibility index (Phi) is 6.35. The number of nitrogens with zero attached hydrogens (tertiary/aromatic N) is 2. The Bertz CT molecular complexity index is 789. The Morgan fingerprint density at radius 3 is 2.80 bits per heavy atom. The standard InChI is InChI=1S/C23H34N4O3/c1-25-22(27-11-5-6-17(14-27)12-21(24)28)26-15-23(9-3-2-4-10-23)18-7-8-19-20(13-18)30-16-29-19/h7-8,13,17H,2-6,9-12,14-16H2,1H3,(H2,24,28)(H,25,26). The zero-order valence-corrected chi connectivity index (χ0v) is 18.0. The Hall–Kier alpha value is -2.44. The largest absolute Gasteiger partial charge is 0.454 e. The molecule has 0 bridgehead atoms.